The molecule has 1 N–H and O–H groups in total. The number of carbonyl (C=O) groups is 1. The van der Waals surface area contributed by atoms with E-state index in [9.17, 15) is 13.2 Å². The smallest absolute Gasteiger partial charge is 0.304 e. The maximum Gasteiger partial charge on any atom is 0.304 e. The summed E-state index contributed by atoms with van der Waals surface area (Å²) in [7, 11) is -1.99. The minimum atomic E-state index is -3.47. The van der Waals surface area contributed by atoms with Crippen molar-refractivity contribution in [3.8, 4) is 5.75 Å². The number of carboxylic acids is 1. The topological polar surface area (TPSA) is 93.6 Å². The zero-order valence-electron chi connectivity index (χ0n) is 10.2. The Balaban J connectivity index is 2.83. The van der Waals surface area contributed by atoms with Crippen molar-refractivity contribution in [1.29, 1.82) is 0 Å². The number of aryl methyl sites for hydroxylation is 1. The van der Waals surface area contributed by atoms with Crippen LogP contribution in [0.3, 0.4) is 0 Å². The van der Waals surface area contributed by atoms with Crippen molar-refractivity contribution in [3.05, 3.63) is 23.5 Å². The normalized spacial score (nSPS) is 11.2. The lowest BCUT2D eigenvalue weighted by Gasteiger charge is -2.06. The second-order valence-corrected chi connectivity index (χ2v) is 6.06. The van der Waals surface area contributed by atoms with E-state index >= 15 is 0 Å². The fourth-order valence-electron chi connectivity index (χ4n) is 1.43. The first kappa shape index (κ1) is 14.4. The first-order chi connectivity index (χ1) is 8.32. The van der Waals surface area contributed by atoms with Gasteiger partial charge in [0.05, 0.1) is 30.7 Å². The monoisotopic (exact) mass is 273 g/mol. The summed E-state index contributed by atoms with van der Waals surface area (Å²) >= 11 is 0. The van der Waals surface area contributed by atoms with Crippen molar-refractivity contribution < 1.29 is 23.1 Å². The molecule has 0 fully saturated rings. The molecule has 0 bridgehead atoms. The van der Waals surface area contributed by atoms with Crippen molar-refractivity contribution in [1.82, 2.24) is 4.98 Å². The third-order valence-corrected chi connectivity index (χ3v) is 3.77. The van der Waals surface area contributed by atoms with Gasteiger partial charge in [0, 0.05) is 17.8 Å². The minimum Gasteiger partial charge on any atom is -0.497 e. The van der Waals surface area contributed by atoms with Crippen molar-refractivity contribution in [2.24, 2.45) is 0 Å². The van der Waals surface area contributed by atoms with Gasteiger partial charge in [0.25, 0.3) is 0 Å². The molecule has 0 aliphatic rings. The summed E-state index contributed by atoms with van der Waals surface area (Å²) < 4.78 is 28.4. The van der Waals surface area contributed by atoms with Crippen LogP contribution in [0.4, 0.5) is 0 Å². The molecule has 0 amide bonds. The Morgan fingerprint density at radius 3 is 2.67 bits per heavy atom. The molecule has 0 atom stereocenters. The van der Waals surface area contributed by atoms with Gasteiger partial charge in [-0.3, -0.25) is 9.78 Å². The molecule has 0 aromatic carbocycles. The third kappa shape index (κ3) is 4.70. The summed E-state index contributed by atoms with van der Waals surface area (Å²) in [5.74, 6) is -1.27. The number of hydrogen-bond donors (Lipinski definition) is 1. The molecule has 1 aromatic heterocycles. The maximum atomic E-state index is 11.7. The van der Waals surface area contributed by atoms with Crippen LogP contribution in [0, 0.1) is 6.92 Å². The second-order valence-electron chi connectivity index (χ2n) is 3.88. The molecule has 18 heavy (non-hydrogen) atoms. The number of ether oxygens (including phenoxy) is 1. The molecule has 0 saturated carbocycles. The highest BCUT2D eigenvalue weighted by Gasteiger charge is 2.15. The van der Waals surface area contributed by atoms with Crippen LogP contribution in [-0.2, 0) is 20.4 Å². The number of aliphatic carboxylic acids is 1. The van der Waals surface area contributed by atoms with Crippen molar-refractivity contribution in [2.45, 2.75) is 19.1 Å². The van der Waals surface area contributed by atoms with Crippen LogP contribution < -0.4 is 4.74 Å². The van der Waals surface area contributed by atoms with Crippen LogP contribution in [-0.4, -0.2) is 37.3 Å². The van der Waals surface area contributed by atoms with Crippen LogP contribution >= 0.6 is 0 Å². The van der Waals surface area contributed by atoms with Gasteiger partial charge in [-0.2, -0.15) is 0 Å². The Hall–Kier alpha value is -1.63. The zero-order valence-corrected chi connectivity index (χ0v) is 11.0. The number of sulfone groups is 1. The number of nitrogens with zero attached hydrogens (tertiary/aromatic N) is 1. The lowest BCUT2D eigenvalue weighted by atomic mass is 10.3. The van der Waals surface area contributed by atoms with Gasteiger partial charge in [-0.1, -0.05) is 0 Å². The Morgan fingerprint density at radius 1 is 1.44 bits per heavy atom. The standard InChI is InChI=1S/C11H15NO5S/c1-8-5-10(17-2)6-9(12-8)7-18(15,16)4-3-11(13)14/h5-6H,3-4,7H2,1-2H3,(H,13,14). The first-order valence-electron chi connectivity index (χ1n) is 5.26. The molecule has 1 aromatic rings. The molecular weight excluding hydrogens is 258 g/mol. The van der Waals surface area contributed by atoms with E-state index in [1.54, 1.807) is 13.0 Å². The number of methoxy groups -OCH3 is 1. The Morgan fingerprint density at radius 2 is 2.11 bits per heavy atom. The maximum absolute atomic E-state index is 11.7. The van der Waals surface area contributed by atoms with Crippen molar-refractivity contribution in [3.63, 3.8) is 0 Å². The van der Waals surface area contributed by atoms with Gasteiger partial charge in [0.15, 0.2) is 9.84 Å². The molecule has 0 aliphatic heterocycles. The van der Waals surface area contributed by atoms with Gasteiger partial charge in [0.1, 0.15) is 5.75 Å². The van der Waals surface area contributed by atoms with Crippen LogP contribution in [0.2, 0.25) is 0 Å². The van der Waals surface area contributed by atoms with Crippen LogP contribution in [0.25, 0.3) is 0 Å². The summed E-state index contributed by atoms with van der Waals surface area (Å²) in [5, 5.41) is 8.47. The van der Waals surface area contributed by atoms with Crippen LogP contribution in [0.5, 0.6) is 5.75 Å². The molecule has 7 heteroatoms. The summed E-state index contributed by atoms with van der Waals surface area (Å²) in [6.45, 7) is 1.73. The third-order valence-electron chi connectivity index (χ3n) is 2.21. The summed E-state index contributed by atoms with van der Waals surface area (Å²) in [6, 6.07) is 3.22. The van der Waals surface area contributed by atoms with Crippen LogP contribution in [0.1, 0.15) is 17.8 Å². The quantitative estimate of drug-likeness (QED) is 0.823. The average molecular weight is 273 g/mol. The van der Waals surface area contributed by atoms with Gasteiger partial charge in [0.2, 0.25) is 0 Å². The SMILES string of the molecule is COc1cc(C)nc(CS(=O)(=O)CCC(=O)O)c1. The highest BCUT2D eigenvalue weighted by Crippen LogP contribution is 2.15. The van der Waals surface area contributed by atoms with E-state index in [2.05, 4.69) is 4.98 Å². The fourth-order valence-corrected chi connectivity index (χ4v) is 2.66. The second kappa shape index (κ2) is 5.81. The lowest BCUT2D eigenvalue weighted by molar-refractivity contribution is -0.136. The van der Waals surface area contributed by atoms with Crippen LogP contribution in [0.15, 0.2) is 12.1 Å². The summed E-state index contributed by atoms with van der Waals surface area (Å²) in [4.78, 5) is 14.4. The number of rotatable bonds is 6. The number of hydrogen-bond acceptors (Lipinski definition) is 5. The van der Waals surface area contributed by atoms with E-state index in [1.165, 1.54) is 13.2 Å². The van der Waals surface area contributed by atoms with Gasteiger partial charge < -0.3 is 9.84 Å². The van der Waals surface area contributed by atoms with Gasteiger partial charge >= 0.3 is 5.97 Å². The molecule has 0 saturated heterocycles. The number of aromatic nitrogens is 1. The lowest BCUT2D eigenvalue weighted by Crippen LogP contribution is -2.13. The molecule has 1 heterocycles. The average Bonchev–Trinajstić information content (AvgIpc) is 2.25. The summed E-state index contributed by atoms with van der Waals surface area (Å²) in [6.07, 6.45) is -0.398. The predicted molar refractivity (Wildman–Crippen MR) is 65.3 cm³/mol. The summed E-state index contributed by atoms with van der Waals surface area (Å²) in [5.41, 5.74) is 1.01. The largest absolute Gasteiger partial charge is 0.497 e. The highest BCUT2D eigenvalue weighted by atomic mass is 32.2. The molecule has 0 radical (unpaired) electrons. The first-order valence-corrected chi connectivity index (χ1v) is 7.08. The molecular formula is C11H15NO5S. The van der Waals surface area contributed by atoms with E-state index in [-0.39, 0.29) is 11.5 Å². The number of pyridine rings is 1. The Bertz CT molecular complexity index is 538. The molecule has 0 unspecified atom stereocenters. The zero-order chi connectivity index (χ0) is 13.8. The highest BCUT2D eigenvalue weighted by molar-refractivity contribution is 7.90. The van der Waals surface area contributed by atoms with Crippen molar-refractivity contribution >= 4 is 15.8 Å². The number of carboxylic acid groups (broad SMARTS) is 1. The molecule has 100 valence electrons. The van der Waals surface area contributed by atoms with Gasteiger partial charge in [-0.05, 0) is 6.92 Å². The molecule has 6 nitrogen and oxygen atoms in total. The fraction of sp³-hybridized carbons (Fsp3) is 0.455. The molecule has 0 aliphatic carbocycles. The van der Waals surface area contributed by atoms with Crippen molar-refractivity contribution in [2.75, 3.05) is 12.9 Å². The van der Waals surface area contributed by atoms with E-state index in [1.807, 2.05) is 0 Å². The van der Waals surface area contributed by atoms with E-state index < -0.39 is 22.2 Å². The van der Waals surface area contributed by atoms with E-state index in [0.717, 1.165) is 0 Å². The molecule has 0 spiro atoms. The minimum absolute atomic E-state index is 0.279. The van der Waals surface area contributed by atoms with E-state index in [4.69, 9.17) is 9.84 Å². The van der Waals surface area contributed by atoms with Gasteiger partial charge in [-0.15, -0.1) is 0 Å². The Kier molecular flexibility index (Phi) is 4.66. The van der Waals surface area contributed by atoms with Gasteiger partial charge in [-0.25, -0.2) is 8.42 Å². The van der Waals surface area contributed by atoms with E-state index in [0.29, 0.717) is 17.1 Å². The predicted octanol–water partition coefficient (Wildman–Crippen LogP) is 0.788. The Labute approximate surface area is 106 Å². The molecule has 1 rings (SSSR count).